The molecule has 0 unspecified atom stereocenters. The van der Waals surface area contributed by atoms with E-state index >= 15 is 0 Å². The first-order valence-corrected chi connectivity index (χ1v) is 9.79. The van der Waals surface area contributed by atoms with Crippen LogP contribution in [0.2, 0.25) is 0 Å². The van der Waals surface area contributed by atoms with Crippen LogP contribution < -0.4 is 4.72 Å². The molecule has 0 fully saturated rings. The van der Waals surface area contributed by atoms with Gasteiger partial charge in [0.2, 0.25) is 0 Å². The molecular formula is C15H18N4O2S2. The molecule has 1 aromatic heterocycles. The van der Waals surface area contributed by atoms with Gasteiger partial charge >= 0.3 is 0 Å². The summed E-state index contributed by atoms with van der Waals surface area (Å²) >= 11 is 1.41. The van der Waals surface area contributed by atoms with Gasteiger partial charge in [0.1, 0.15) is 10.6 Å². The maximum atomic E-state index is 12.8. The van der Waals surface area contributed by atoms with Gasteiger partial charge in [-0.25, -0.2) is 8.42 Å². The van der Waals surface area contributed by atoms with Crippen LogP contribution in [0.25, 0.3) is 11.3 Å². The van der Waals surface area contributed by atoms with Crippen LogP contribution in [-0.4, -0.2) is 35.7 Å². The molecule has 3 rings (SSSR count). The van der Waals surface area contributed by atoms with Crippen molar-refractivity contribution in [3.63, 3.8) is 0 Å². The largest absolute Gasteiger partial charge is 0.268 e. The Balaban J connectivity index is 2.06. The molecule has 1 aromatic carbocycles. The second kappa shape index (κ2) is 6.37. The van der Waals surface area contributed by atoms with E-state index in [1.807, 2.05) is 44.2 Å². The van der Waals surface area contributed by atoms with Gasteiger partial charge in [-0.15, -0.1) is 0 Å². The third-order valence-electron chi connectivity index (χ3n) is 3.37. The Morgan fingerprint density at radius 3 is 2.61 bits per heavy atom. The lowest BCUT2D eigenvalue weighted by Crippen LogP contribution is -2.27. The van der Waals surface area contributed by atoms with Gasteiger partial charge in [0.25, 0.3) is 10.0 Å². The van der Waals surface area contributed by atoms with E-state index in [1.54, 1.807) is 10.9 Å². The topological polar surface area (TPSA) is 76.3 Å². The van der Waals surface area contributed by atoms with Crippen molar-refractivity contribution in [2.24, 2.45) is 4.99 Å². The first-order chi connectivity index (χ1) is 11.0. The van der Waals surface area contributed by atoms with Gasteiger partial charge in [-0.05, 0) is 13.8 Å². The molecule has 2 heterocycles. The molecule has 0 saturated carbocycles. The highest BCUT2D eigenvalue weighted by Crippen LogP contribution is 2.27. The van der Waals surface area contributed by atoms with E-state index < -0.39 is 10.0 Å². The summed E-state index contributed by atoms with van der Waals surface area (Å²) in [6.45, 7) is 4.56. The second-order valence-corrected chi connectivity index (χ2v) is 8.16. The average Bonchev–Trinajstić information content (AvgIpc) is 3.17. The molecule has 0 spiro atoms. The number of nitrogens with zero attached hydrogens (tertiary/aromatic N) is 3. The molecule has 0 bridgehead atoms. The molecule has 1 aliphatic heterocycles. The van der Waals surface area contributed by atoms with Crippen molar-refractivity contribution in [3.8, 4) is 11.3 Å². The van der Waals surface area contributed by atoms with Crippen LogP contribution in [0.1, 0.15) is 19.9 Å². The van der Waals surface area contributed by atoms with Crippen LogP contribution in [0.4, 0.5) is 0 Å². The summed E-state index contributed by atoms with van der Waals surface area (Å²) in [6.07, 6.45) is 1.58. The first-order valence-electron chi connectivity index (χ1n) is 7.32. The monoisotopic (exact) mass is 350 g/mol. The molecule has 0 atom stereocenters. The van der Waals surface area contributed by atoms with Gasteiger partial charge in [-0.1, -0.05) is 42.1 Å². The molecular weight excluding hydrogens is 332 g/mol. The molecule has 0 saturated heterocycles. The van der Waals surface area contributed by atoms with Crippen LogP contribution in [0.5, 0.6) is 0 Å². The van der Waals surface area contributed by atoms with E-state index in [0.29, 0.717) is 17.4 Å². The quantitative estimate of drug-likeness (QED) is 0.919. The van der Waals surface area contributed by atoms with Crippen molar-refractivity contribution in [2.75, 3.05) is 12.3 Å². The zero-order valence-corrected chi connectivity index (χ0v) is 14.6. The van der Waals surface area contributed by atoms with Gasteiger partial charge in [-0.3, -0.25) is 14.4 Å². The van der Waals surface area contributed by atoms with E-state index in [-0.39, 0.29) is 10.9 Å². The third-order valence-corrected chi connectivity index (χ3v) is 5.73. The fourth-order valence-electron chi connectivity index (χ4n) is 2.20. The van der Waals surface area contributed by atoms with Crippen molar-refractivity contribution >= 4 is 27.0 Å². The summed E-state index contributed by atoms with van der Waals surface area (Å²) in [4.78, 5) is 4.33. The number of rotatable bonds is 4. The zero-order valence-electron chi connectivity index (χ0n) is 12.9. The highest BCUT2D eigenvalue weighted by molar-refractivity contribution is 8.15. The van der Waals surface area contributed by atoms with Crippen LogP contribution in [0.3, 0.4) is 0 Å². The minimum atomic E-state index is -3.72. The Bertz CT molecular complexity index is 826. The number of amidine groups is 1. The van der Waals surface area contributed by atoms with Gasteiger partial charge in [-0.2, -0.15) is 5.10 Å². The van der Waals surface area contributed by atoms with E-state index in [4.69, 9.17) is 0 Å². The number of hydrogen-bond acceptors (Lipinski definition) is 5. The lowest BCUT2D eigenvalue weighted by atomic mass is 10.2. The average molecular weight is 350 g/mol. The number of sulfonamides is 1. The SMILES string of the molecule is CC(C)n1cc(S(=O)(=O)NC2=NCCS2)c(-c2ccccc2)n1. The maximum Gasteiger partial charge on any atom is 0.267 e. The van der Waals surface area contributed by atoms with E-state index in [2.05, 4.69) is 14.8 Å². The Kier molecular flexibility index (Phi) is 4.45. The number of thioether (sulfide) groups is 1. The molecule has 23 heavy (non-hydrogen) atoms. The van der Waals surface area contributed by atoms with Crippen molar-refractivity contribution in [1.29, 1.82) is 0 Å². The van der Waals surface area contributed by atoms with Crippen LogP contribution in [-0.2, 0) is 10.0 Å². The fourth-order valence-corrected chi connectivity index (χ4v) is 4.39. The molecule has 1 aliphatic rings. The van der Waals surface area contributed by atoms with Crippen molar-refractivity contribution < 1.29 is 8.42 Å². The molecule has 122 valence electrons. The van der Waals surface area contributed by atoms with Crippen molar-refractivity contribution in [3.05, 3.63) is 36.5 Å². The number of aliphatic imine (C=N–C) groups is 1. The number of aromatic nitrogens is 2. The fraction of sp³-hybridized carbons (Fsp3) is 0.333. The lowest BCUT2D eigenvalue weighted by molar-refractivity contribution is 0.532. The molecule has 1 N–H and O–H groups in total. The summed E-state index contributed by atoms with van der Waals surface area (Å²) in [5.74, 6) is 0.800. The zero-order chi connectivity index (χ0) is 16.4. The smallest absolute Gasteiger partial charge is 0.267 e. The van der Waals surface area contributed by atoms with E-state index in [0.717, 1.165) is 11.3 Å². The number of benzene rings is 1. The summed E-state index contributed by atoms with van der Waals surface area (Å²) in [7, 11) is -3.72. The van der Waals surface area contributed by atoms with E-state index in [9.17, 15) is 8.42 Å². The molecule has 0 radical (unpaired) electrons. The molecule has 8 heteroatoms. The summed E-state index contributed by atoms with van der Waals surface area (Å²) in [5, 5.41) is 4.92. The summed E-state index contributed by atoms with van der Waals surface area (Å²) in [5.41, 5.74) is 1.23. The normalized spacial score (nSPS) is 15.0. The second-order valence-electron chi connectivity index (χ2n) is 5.42. The van der Waals surface area contributed by atoms with Crippen molar-refractivity contribution in [1.82, 2.24) is 14.5 Å². The summed E-state index contributed by atoms with van der Waals surface area (Å²) in [6, 6.07) is 9.40. The Morgan fingerprint density at radius 1 is 1.26 bits per heavy atom. The highest BCUT2D eigenvalue weighted by atomic mass is 32.2. The predicted molar refractivity (Wildman–Crippen MR) is 93.1 cm³/mol. The predicted octanol–water partition coefficient (Wildman–Crippen LogP) is 2.51. The summed E-state index contributed by atoms with van der Waals surface area (Å²) < 4.78 is 29.8. The highest BCUT2D eigenvalue weighted by Gasteiger charge is 2.26. The van der Waals surface area contributed by atoms with Gasteiger partial charge in [0.15, 0.2) is 5.17 Å². The first kappa shape index (κ1) is 16.1. The van der Waals surface area contributed by atoms with Crippen LogP contribution >= 0.6 is 11.8 Å². The Labute approximate surface area is 140 Å². The van der Waals surface area contributed by atoms with Gasteiger partial charge in [0.05, 0.1) is 6.54 Å². The van der Waals surface area contributed by atoms with Crippen LogP contribution in [0.15, 0.2) is 46.4 Å². The molecule has 2 aromatic rings. The van der Waals surface area contributed by atoms with Crippen molar-refractivity contribution in [2.45, 2.75) is 24.8 Å². The molecule has 6 nitrogen and oxygen atoms in total. The van der Waals surface area contributed by atoms with Crippen LogP contribution in [0, 0.1) is 0 Å². The third kappa shape index (κ3) is 3.42. The Morgan fingerprint density at radius 2 is 2.00 bits per heavy atom. The standard InChI is InChI=1S/C15H18N4O2S2/c1-11(2)19-10-13(14(17-19)12-6-4-3-5-7-12)23(20,21)18-15-16-8-9-22-15/h3-7,10-11H,8-9H2,1-2H3,(H,16,18). The molecule has 0 aliphatic carbocycles. The van der Waals surface area contributed by atoms with Gasteiger partial charge in [0, 0.05) is 23.6 Å². The molecule has 0 amide bonds. The lowest BCUT2D eigenvalue weighted by Gasteiger charge is -2.07. The minimum absolute atomic E-state index is 0.0691. The van der Waals surface area contributed by atoms with E-state index in [1.165, 1.54) is 11.8 Å². The Hall–Kier alpha value is -1.80. The minimum Gasteiger partial charge on any atom is -0.268 e. The number of nitrogens with one attached hydrogen (secondary N) is 1. The number of hydrogen-bond donors (Lipinski definition) is 1. The van der Waals surface area contributed by atoms with Gasteiger partial charge < -0.3 is 0 Å². The maximum absolute atomic E-state index is 12.8.